The van der Waals surface area contributed by atoms with Crippen molar-refractivity contribution >= 4 is 11.8 Å². The zero-order valence-electron chi connectivity index (χ0n) is 15.7. The Morgan fingerprint density at radius 2 is 1.85 bits per heavy atom. The molecule has 1 aromatic rings. The Morgan fingerprint density at radius 1 is 1.12 bits per heavy atom. The first-order valence-electron chi connectivity index (χ1n) is 9.88. The van der Waals surface area contributed by atoms with E-state index in [1.807, 2.05) is 16.7 Å². The maximum atomic E-state index is 13.2. The smallest absolute Gasteiger partial charge is 0.249 e. The number of aromatic nitrogens is 2. The number of carbonyl (C=O) groups is 2. The van der Waals surface area contributed by atoms with Gasteiger partial charge in [0.25, 0.3) is 0 Å². The maximum absolute atomic E-state index is 13.2. The topological polar surface area (TPSA) is 79.5 Å². The van der Waals surface area contributed by atoms with Crippen molar-refractivity contribution in [1.29, 1.82) is 0 Å². The molecule has 0 spiro atoms. The lowest BCUT2D eigenvalue weighted by atomic mass is 10.0. The molecule has 1 saturated heterocycles. The zero-order chi connectivity index (χ0) is 18.3. The molecule has 7 nitrogen and oxygen atoms in total. The average molecular weight is 360 g/mol. The van der Waals surface area contributed by atoms with Crippen LogP contribution in [-0.4, -0.2) is 51.4 Å². The largest absolute Gasteiger partial charge is 0.340 e. The SMILES string of the molecule is Cc1noc(C2CCN(C(=O)C3(C)CC3)CCN2C(=O)C2CCCC2)n1. The highest BCUT2D eigenvalue weighted by molar-refractivity contribution is 5.85. The van der Waals surface area contributed by atoms with Crippen LogP contribution in [0, 0.1) is 18.3 Å². The van der Waals surface area contributed by atoms with E-state index in [9.17, 15) is 9.59 Å². The molecule has 0 radical (unpaired) electrons. The summed E-state index contributed by atoms with van der Waals surface area (Å²) in [6, 6.07) is -0.228. The third kappa shape index (κ3) is 3.23. The first-order valence-corrected chi connectivity index (χ1v) is 9.88. The minimum Gasteiger partial charge on any atom is -0.340 e. The molecule has 2 amide bonds. The van der Waals surface area contributed by atoms with Crippen LogP contribution in [0.1, 0.15) is 69.6 Å². The molecule has 1 unspecified atom stereocenters. The van der Waals surface area contributed by atoms with Gasteiger partial charge in [-0.3, -0.25) is 9.59 Å². The number of carbonyl (C=O) groups excluding carboxylic acids is 2. The normalized spacial score (nSPS) is 26.0. The van der Waals surface area contributed by atoms with Crippen molar-refractivity contribution < 1.29 is 14.1 Å². The molecule has 0 aromatic carbocycles. The van der Waals surface area contributed by atoms with Crippen LogP contribution in [0.5, 0.6) is 0 Å². The van der Waals surface area contributed by atoms with Crippen molar-refractivity contribution in [3.8, 4) is 0 Å². The second-order valence-corrected chi connectivity index (χ2v) is 8.35. The third-order valence-electron chi connectivity index (χ3n) is 6.28. The molecule has 0 bridgehead atoms. The van der Waals surface area contributed by atoms with E-state index in [-0.39, 0.29) is 29.2 Å². The molecule has 2 aliphatic carbocycles. The van der Waals surface area contributed by atoms with Crippen molar-refractivity contribution in [2.24, 2.45) is 11.3 Å². The first-order chi connectivity index (χ1) is 12.5. The van der Waals surface area contributed by atoms with Gasteiger partial charge in [-0.25, -0.2) is 0 Å². The summed E-state index contributed by atoms with van der Waals surface area (Å²) in [6.07, 6.45) is 6.77. The van der Waals surface area contributed by atoms with Crippen LogP contribution < -0.4 is 0 Å². The lowest BCUT2D eigenvalue weighted by molar-refractivity contribution is -0.139. The zero-order valence-corrected chi connectivity index (χ0v) is 15.7. The molecule has 7 heteroatoms. The molecule has 1 aliphatic heterocycles. The van der Waals surface area contributed by atoms with Crippen LogP contribution in [0.15, 0.2) is 4.52 Å². The fourth-order valence-corrected chi connectivity index (χ4v) is 4.29. The fraction of sp³-hybridized carbons (Fsp3) is 0.789. The number of nitrogens with zero attached hydrogens (tertiary/aromatic N) is 4. The van der Waals surface area contributed by atoms with Gasteiger partial charge in [-0.1, -0.05) is 24.9 Å². The summed E-state index contributed by atoms with van der Waals surface area (Å²) in [5.74, 6) is 1.60. The predicted octanol–water partition coefficient (Wildman–Crippen LogP) is 2.47. The van der Waals surface area contributed by atoms with Crippen LogP contribution in [0.3, 0.4) is 0 Å². The Hall–Kier alpha value is -1.92. The minimum absolute atomic E-state index is 0.102. The van der Waals surface area contributed by atoms with Gasteiger partial charge < -0.3 is 14.3 Å². The lowest BCUT2D eigenvalue weighted by Gasteiger charge is -2.29. The molecular formula is C19H28N4O3. The van der Waals surface area contributed by atoms with E-state index in [1.165, 1.54) is 0 Å². The van der Waals surface area contributed by atoms with E-state index in [0.29, 0.717) is 37.8 Å². The van der Waals surface area contributed by atoms with Gasteiger partial charge in [-0.05, 0) is 39.0 Å². The number of amides is 2. The Balaban J connectivity index is 1.56. The standard InChI is InChI=1S/C19H28N4O3/c1-13-20-16(26-21-13)15-7-10-22(18(25)19(2)8-9-19)11-12-23(15)17(24)14-5-3-4-6-14/h14-15H,3-12H2,1-2H3. The minimum atomic E-state index is -0.228. The molecule has 1 aromatic heterocycles. The highest BCUT2D eigenvalue weighted by atomic mass is 16.5. The molecule has 1 atom stereocenters. The van der Waals surface area contributed by atoms with Gasteiger partial charge in [0.2, 0.25) is 17.7 Å². The maximum Gasteiger partial charge on any atom is 0.249 e. The lowest BCUT2D eigenvalue weighted by Crippen LogP contribution is -2.42. The summed E-state index contributed by atoms with van der Waals surface area (Å²) < 4.78 is 5.42. The number of rotatable bonds is 3. The first kappa shape index (κ1) is 17.5. The molecular weight excluding hydrogens is 332 g/mol. The number of hydrogen-bond acceptors (Lipinski definition) is 5. The van der Waals surface area contributed by atoms with Crippen molar-refractivity contribution in [3.63, 3.8) is 0 Å². The van der Waals surface area contributed by atoms with Crippen LogP contribution in [0.2, 0.25) is 0 Å². The van der Waals surface area contributed by atoms with Crippen LogP contribution in [0.25, 0.3) is 0 Å². The Kier molecular flexibility index (Phi) is 4.49. The second kappa shape index (κ2) is 6.67. The van der Waals surface area contributed by atoms with Gasteiger partial charge in [0.05, 0.1) is 0 Å². The average Bonchev–Trinajstić information content (AvgIpc) is 3.02. The van der Waals surface area contributed by atoms with E-state index in [0.717, 1.165) is 38.5 Å². The molecule has 4 rings (SSSR count). The Labute approximate surface area is 154 Å². The van der Waals surface area contributed by atoms with E-state index >= 15 is 0 Å². The summed E-state index contributed by atoms with van der Waals surface area (Å²) in [7, 11) is 0. The third-order valence-corrected chi connectivity index (χ3v) is 6.28. The molecule has 0 N–H and O–H groups in total. The van der Waals surface area contributed by atoms with Gasteiger partial charge >= 0.3 is 0 Å². The monoisotopic (exact) mass is 360 g/mol. The molecule has 142 valence electrons. The van der Waals surface area contributed by atoms with Gasteiger partial charge in [0.15, 0.2) is 5.82 Å². The van der Waals surface area contributed by atoms with Crippen molar-refractivity contribution in [2.75, 3.05) is 19.6 Å². The van der Waals surface area contributed by atoms with Crippen molar-refractivity contribution in [2.45, 2.75) is 64.8 Å². The molecule has 3 fully saturated rings. The van der Waals surface area contributed by atoms with Gasteiger partial charge in [-0.2, -0.15) is 4.98 Å². The van der Waals surface area contributed by atoms with Gasteiger partial charge in [0.1, 0.15) is 6.04 Å². The number of aryl methyl sites for hydroxylation is 1. The van der Waals surface area contributed by atoms with Gasteiger partial charge in [-0.15, -0.1) is 0 Å². The van der Waals surface area contributed by atoms with E-state index < -0.39 is 0 Å². The summed E-state index contributed by atoms with van der Waals surface area (Å²) in [6.45, 7) is 5.60. The van der Waals surface area contributed by atoms with Gasteiger partial charge in [0, 0.05) is 31.0 Å². The quantitative estimate of drug-likeness (QED) is 0.827. The van der Waals surface area contributed by atoms with E-state index in [4.69, 9.17) is 4.52 Å². The summed E-state index contributed by atoms with van der Waals surface area (Å²) in [5, 5.41) is 3.91. The molecule has 26 heavy (non-hydrogen) atoms. The molecule has 2 heterocycles. The number of hydrogen-bond donors (Lipinski definition) is 0. The highest BCUT2D eigenvalue weighted by Crippen LogP contribution is 2.47. The predicted molar refractivity (Wildman–Crippen MR) is 94.0 cm³/mol. The second-order valence-electron chi connectivity index (χ2n) is 8.35. The fourth-order valence-electron chi connectivity index (χ4n) is 4.29. The van der Waals surface area contributed by atoms with E-state index in [2.05, 4.69) is 10.1 Å². The van der Waals surface area contributed by atoms with Crippen LogP contribution in [0.4, 0.5) is 0 Å². The van der Waals surface area contributed by atoms with Crippen molar-refractivity contribution in [1.82, 2.24) is 19.9 Å². The van der Waals surface area contributed by atoms with Crippen LogP contribution in [-0.2, 0) is 9.59 Å². The van der Waals surface area contributed by atoms with E-state index in [1.54, 1.807) is 6.92 Å². The summed E-state index contributed by atoms with van der Waals surface area (Å²) in [4.78, 5) is 34.2. The summed E-state index contributed by atoms with van der Waals surface area (Å²) >= 11 is 0. The van der Waals surface area contributed by atoms with Crippen molar-refractivity contribution in [3.05, 3.63) is 11.7 Å². The Bertz CT molecular complexity index is 691. The highest BCUT2D eigenvalue weighted by Gasteiger charge is 2.48. The summed E-state index contributed by atoms with van der Waals surface area (Å²) in [5.41, 5.74) is -0.179. The Morgan fingerprint density at radius 3 is 2.46 bits per heavy atom. The van der Waals surface area contributed by atoms with Crippen LogP contribution >= 0.6 is 0 Å². The molecule has 2 saturated carbocycles. The molecule has 3 aliphatic rings.